The molecule has 1 aliphatic rings. The molecule has 0 radical (unpaired) electrons. The van der Waals surface area contributed by atoms with Crippen molar-refractivity contribution in [3.05, 3.63) is 0 Å². The Labute approximate surface area is 93.5 Å². The van der Waals surface area contributed by atoms with Crippen molar-refractivity contribution in [1.82, 2.24) is 9.03 Å². The molecule has 1 rings (SSSR count). The maximum absolute atomic E-state index is 10.7. The zero-order chi connectivity index (χ0) is 11.3. The highest BCUT2D eigenvalue weighted by Gasteiger charge is 2.22. The Hall–Kier alpha value is -0.750. The van der Waals surface area contributed by atoms with Crippen molar-refractivity contribution in [2.45, 2.75) is 26.2 Å². The molecule has 0 aromatic carbocycles. The van der Waals surface area contributed by atoms with Crippen molar-refractivity contribution >= 4 is 24.0 Å². The minimum atomic E-state index is -0.744. The van der Waals surface area contributed by atoms with E-state index in [4.69, 9.17) is 5.11 Å². The van der Waals surface area contributed by atoms with Crippen molar-refractivity contribution in [2.24, 2.45) is 5.92 Å². The van der Waals surface area contributed by atoms with Crippen molar-refractivity contribution < 1.29 is 14.7 Å². The number of rotatable bonds is 4. The van der Waals surface area contributed by atoms with Gasteiger partial charge in [0.1, 0.15) is 0 Å². The van der Waals surface area contributed by atoms with Crippen LogP contribution >= 0.6 is 12.1 Å². The average molecular weight is 232 g/mol. The Morgan fingerprint density at radius 2 is 2.33 bits per heavy atom. The highest BCUT2D eigenvalue weighted by molar-refractivity contribution is 7.95. The maximum atomic E-state index is 10.7. The summed E-state index contributed by atoms with van der Waals surface area (Å²) in [5.74, 6) is -0.621. The number of nitrogens with one attached hydrogen (secondary N) is 1. The van der Waals surface area contributed by atoms with Crippen LogP contribution in [0.1, 0.15) is 26.2 Å². The Bertz CT molecular complexity index is 248. The van der Waals surface area contributed by atoms with E-state index in [9.17, 15) is 9.59 Å². The van der Waals surface area contributed by atoms with Gasteiger partial charge in [-0.15, -0.1) is 0 Å². The molecule has 0 spiro atoms. The van der Waals surface area contributed by atoms with E-state index in [0.29, 0.717) is 0 Å². The molecule has 0 saturated carbocycles. The fourth-order valence-electron chi connectivity index (χ4n) is 1.65. The van der Waals surface area contributed by atoms with E-state index in [1.165, 1.54) is 19.1 Å². The van der Waals surface area contributed by atoms with Crippen LogP contribution in [0.25, 0.3) is 0 Å². The second kappa shape index (κ2) is 5.97. The van der Waals surface area contributed by atoms with E-state index in [2.05, 4.69) is 4.72 Å². The smallest absolute Gasteiger partial charge is 0.303 e. The number of nitrogens with zero attached hydrogens (tertiary/aromatic N) is 1. The van der Waals surface area contributed by atoms with Crippen LogP contribution in [0.3, 0.4) is 0 Å². The summed E-state index contributed by atoms with van der Waals surface area (Å²) >= 11 is 1.28. The minimum absolute atomic E-state index is 0.0830. The van der Waals surface area contributed by atoms with Crippen LogP contribution in [-0.4, -0.2) is 34.4 Å². The third-order valence-corrected chi connectivity index (χ3v) is 3.23. The lowest BCUT2D eigenvalue weighted by Crippen LogP contribution is -2.34. The van der Waals surface area contributed by atoms with Gasteiger partial charge in [-0.1, -0.05) is 0 Å². The average Bonchev–Trinajstić information content (AvgIpc) is 2.14. The number of carboxylic acids is 1. The lowest BCUT2D eigenvalue weighted by molar-refractivity contribution is -0.138. The second-order valence-corrected chi connectivity index (χ2v) is 4.65. The summed E-state index contributed by atoms with van der Waals surface area (Å²) in [5.41, 5.74) is 0. The molecule has 0 bridgehead atoms. The summed E-state index contributed by atoms with van der Waals surface area (Å²) in [4.78, 5) is 21.2. The highest BCUT2D eigenvalue weighted by Crippen LogP contribution is 2.23. The van der Waals surface area contributed by atoms with Gasteiger partial charge in [0.25, 0.3) is 0 Å². The van der Waals surface area contributed by atoms with Gasteiger partial charge in [0.15, 0.2) is 0 Å². The monoisotopic (exact) mass is 232 g/mol. The summed E-state index contributed by atoms with van der Waals surface area (Å²) in [5, 5.41) is 8.68. The van der Waals surface area contributed by atoms with Gasteiger partial charge in [-0.3, -0.25) is 14.3 Å². The molecule has 5 nitrogen and oxygen atoms in total. The number of piperidine rings is 1. The van der Waals surface area contributed by atoms with Crippen LogP contribution in [-0.2, 0) is 9.59 Å². The largest absolute Gasteiger partial charge is 0.481 e. The van der Waals surface area contributed by atoms with E-state index in [1.54, 1.807) is 0 Å². The van der Waals surface area contributed by atoms with Gasteiger partial charge in [0.2, 0.25) is 5.91 Å². The minimum Gasteiger partial charge on any atom is -0.481 e. The van der Waals surface area contributed by atoms with Gasteiger partial charge < -0.3 is 5.11 Å². The molecule has 1 unspecified atom stereocenters. The zero-order valence-electron chi connectivity index (χ0n) is 8.73. The molecular formula is C9H16N2O3S. The zero-order valence-corrected chi connectivity index (χ0v) is 9.55. The Kier molecular flexibility index (Phi) is 4.90. The number of aliphatic carboxylic acids is 1. The number of hydrogen-bond acceptors (Lipinski definition) is 4. The van der Waals surface area contributed by atoms with Crippen LogP contribution in [0, 0.1) is 5.92 Å². The van der Waals surface area contributed by atoms with E-state index in [-0.39, 0.29) is 18.2 Å². The van der Waals surface area contributed by atoms with E-state index >= 15 is 0 Å². The van der Waals surface area contributed by atoms with Crippen LogP contribution in [0.4, 0.5) is 0 Å². The van der Waals surface area contributed by atoms with Gasteiger partial charge >= 0.3 is 5.97 Å². The van der Waals surface area contributed by atoms with Gasteiger partial charge in [0, 0.05) is 38.6 Å². The molecule has 6 heteroatoms. The van der Waals surface area contributed by atoms with Crippen LogP contribution in [0.5, 0.6) is 0 Å². The fourth-order valence-corrected chi connectivity index (χ4v) is 2.42. The summed E-state index contributed by atoms with van der Waals surface area (Å²) in [7, 11) is 0. The number of carbonyl (C=O) groups is 2. The first-order valence-corrected chi connectivity index (χ1v) is 5.75. The van der Waals surface area contributed by atoms with Crippen LogP contribution < -0.4 is 4.72 Å². The normalized spacial score (nSPS) is 22.3. The number of carboxylic acid groups (broad SMARTS) is 1. The quantitative estimate of drug-likeness (QED) is 0.704. The third-order valence-electron chi connectivity index (χ3n) is 2.26. The predicted octanol–water partition coefficient (Wildman–Crippen LogP) is 0.872. The highest BCUT2D eigenvalue weighted by atomic mass is 32.2. The second-order valence-electron chi connectivity index (χ2n) is 3.74. The fraction of sp³-hybridized carbons (Fsp3) is 0.778. The van der Waals surface area contributed by atoms with Gasteiger partial charge in [0.05, 0.1) is 0 Å². The molecule has 1 fully saturated rings. The first-order chi connectivity index (χ1) is 7.08. The van der Waals surface area contributed by atoms with Crippen LogP contribution in [0.2, 0.25) is 0 Å². The Morgan fingerprint density at radius 1 is 1.60 bits per heavy atom. The number of amides is 1. The van der Waals surface area contributed by atoms with Crippen molar-refractivity contribution in [3.63, 3.8) is 0 Å². The predicted molar refractivity (Wildman–Crippen MR) is 58.0 cm³/mol. The molecule has 0 aliphatic carbocycles. The summed E-state index contributed by atoms with van der Waals surface area (Å²) in [6.45, 7) is 3.10. The topological polar surface area (TPSA) is 69.6 Å². The first-order valence-electron chi connectivity index (χ1n) is 4.98. The molecule has 2 N–H and O–H groups in total. The van der Waals surface area contributed by atoms with Gasteiger partial charge in [-0.2, -0.15) is 0 Å². The standard InChI is InChI=1S/C9H16N2O3S/c1-7(12)10-15-11-4-2-3-8(6-11)5-9(13)14/h8H,2-6H2,1H3,(H,10,12)(H,13,14). The van der Waals surface area contributed by atoms with Crippen molar-refractivity contribution in [2.75, 3.05) is 13.1 Å². The Morgan fingerprint density at radius 3 is 2.93 bits per heavy atom. The number of hydrogen-bond donors (Lipinski definition) is 2. The molecule has 0 aromatic rings. The lowest BCUT2D eigenvalue weighted by Gasteiger charge is -2.30. The molecule has 1 heterocycles. The van der Waals surface area contributed by atoms with E-state index in [1.807, 2.05) is 4.31 Å². The molecule has 1 amide bonds. The molecule has 0 aromatic heterocycles. The molecule has 86 valence electrons. The molecular weight excluding hydrogens is 216 g/mol. The summed E-state index contributed by atoms with van der Waals surface area (Å²) in [6.07, 6.45) is 2.17. The summed E-state index contributed by atoms with van der Waals surface area (Å²) in [6, 6.07) is 0. The maximum Gasteiger partial charge on any atom is 0.303 e. The van der Waals surface area contributed by atoms with Crippen molar-refractivity contribution in [3.8, 4) is 0 Å². The lowest BCUT2D eigenvalue weighted by atomic mass is 9.96. The molecule has 1 saturated heterocycles. The summed E-state index contributed by atoms with van der Waals surface area (Å²) < 4.78 is 4.66. The number of carbonyl (C=O) groups excluding carboxylic acids is 1. The molecule has 1 atom stereocenters. The van der Waals surface area contributed by atoms with Crippen LogP contribution in [0.15, 0.2) is 0 Å². The first kappa shape index (κ1) is 12.3. The Balaban J connectivity index is 2.28. The third kappa shape index (κ3) is 5.03. The molecule has 1 aliphatic heterocycles. The molecule has 15 heavy (non-hydrogen) atoms. The van der Waals surface area contributed by atoms with E-state index < -0.39 is 5.97 Å². The van der Waals surface area contributed by atoms with Gasteiger partial charge in [-0.25, -0.2) is 4.31 Å². The SMILES string of the molecule is CC(=O)NSN1CCCC(CC(=O)O)C1. The van der Waals surface area contributed by atoms with E-state index in [0.717, 1.165) is 25.9 Å². The van der Waals surface area contributed by atoms with Gasteiger partial charge in [-0.05, 0) is 18.8 Å². The van der Waals surface area contributed by atoms with Crippen molar-refractivity contribution in [1.29, 1.82) is 0 Å².